The van der Waals surface area contributed by atoms with E-state index >= 15 is 0 Å². The summed E-state index contributed by atoms with van der Waals surface area (Å²) in [6, 6.07) is 15.2. The molecule has 0 atom stereocenters. The summed E-state index contributed by atoms with van der Waals surface area (Å²) in [4.78, 5) is 18.0. The zero-order valence-corrected chi connectivity index (χ0v) is 14.2. The number of carbonyl (C=O) groups excluding carboxylic acids is 1. The molecule has 3 rings (SSSR count). The average molecular weight is 354 g/mol. The van der Waals surface area contributed by atoms with E-state index < -0.39 is 0 Å². The fourth-order valence-corrected chi connectivity index (χ4v) is 2.98. The molecule has 0 fully saturated rings. The molecule has 0 unspecified atom stereocenters. The number of halogens is 1. The SMILES string of the molecule is CC(=O)N(c1ccccc1)c1nc(/C=N\Nc2ccc(F)cc2)cs1. The van der Waals surface area contributed by atoms with Crippen molar-refractivity contribution in [3.05, 3.63) is 71.5 Å². The predicted molar refractivity (Wildman–Crippen MR) is 99.0 cm³/mol. The number of amides is 1. The van der Waals surface area contributed by atoms with Crippen molar-refractivity contribution in [3.8, 4) is 0 Å². The molecule has 0 radical (unpaired) electrons. The number of hydrogen-bond acceptors (Lipinski definition) is 5. The van der Waals surface area contributed by atoms with Crippen LogP contribution in [0.3, 0.4) is 0 Å². The predicted octanol–water partition coefficient (Wildman–Crippen LogP) is 4.41. The highest BCUT2D eigenvalue weighted by Gasteiger charge is 2.17. The number of hydrazone groups is 1. The Labute approximate surface area is 148 Å². The van der Waals surface area contributed by atoms with E-state index in [9.17, 15) is 9.18 Å². The maximum absolute atomic E-state index is 12.9. The standard InChI is InChI=1S/C18H15FN4OS/c1-13(24)23(17-5-3-2-4-6-17)18-21-16(12-25-18)11-20-22-15-9-7-14(19)8-10-15/h2-12,22H,1H3/b20-11-. The number of benzene rings is 2. The quantitative estimate of drug-likeness (QED) is 0.545. The van der Waals surface area contributed by atoms with Gasteiger partial charge in [0.25, 0.3) is 0 Å². The van der Waals surface area contributed by atoms with Gasteiger partial charge in [0.05, 0.1) is 23.3 Å². The zero-order valence-electron chi connectivity index (χ0n) is 13.4. The van der Waals surface area contributed by atoms with Gasteiger partial charge in [0, 0.05) is 12.3 Å². The number of aromatic nitrogens is 1. The van der Waals surface area contributed by atoms with E-state index in [1.807, 2.05) is 35.7 Å². The summed E-state index contributed by atoms with van der Waals surface area (Å²) in [5, 5.41) is 6.46. The Hall–Kier alpha value is -3.06. The maximum Gasteiger partial charge on any atom is 0.230 e. The molecule has 0 aliphatic carbocycles. The van der Waals surface area contributed by atoms with Gasteiger partial charge in [-0.1, -0.05) is 18.2 Å². The van der Waals surface area contributed by atoms with Crippen LogP contribution in [0.5, 0.6) is 0 Å². The number of nitrogens with one attached hydrogen (secondary N) is 1. The lowest BCUT2D eigenvalue weighted by Crippen LogP contribution is -2.22. The van der Waals surface area contributed by atoms with Gasteiger partial charge in [-0.3, -0.25) is 15.1 Å². The Morgan fingerprint density at radius 2 is 1.92 bits per heavy atom. The fraction of sp³-hybridized carbons (Fsp3) is 0.0556. The summed E-state index contributed by atoms with van der Waals surface area (Å²) < 4.78 is 12.9. The van der Waals surface area contributed by atoms with Crippen molar-refractivity contribution in [1.29, 1.82) is 0 Å². The molecular formula is C18H15FN4OS. The van der Waals surface area contributed by atoms with Crippen molar-refractivity contribution in [2.75, 3.05) is 10.3 Å². The summed E-state index contributed by atoms with van der Waals surface area (Å²) in [6.45, 7) is 1.50. The van der Waals surface area contributed by atoms with Gasteiger partial charge in [-0.15, -0.1) is 11.3 Å². The monoisotopic (exact) mass is 354 g/mol. The van der Waals surface area contributed by atoms with Crippen LogP contribution in [0.1, 0.15) is 12.6 Å². The summed E-state index contributed by atoms with van der Waals surface area (Å²) in [6.07, 6.45) is 1.55. The molecular weight excluding hydrogens is 339 g/mol. The summed E-state index contributed by atoms with van der Waals surface area (Å²) in [5.41, 5.74) is 4.85. The van der Waals surface area contributed by atoms with Gasteiger partial charge in [0.2, 0.25) is 5.91 Å². The lowest BCUT2D eigenvalue weighted by Gasteiger charge is -2.17. The van der Waals surface area contributed by atoms with Crippen molar-refractivity contribution in [2.24, 2.45) is 5.10 Å². The average Bonchev–Trinajstić information content (AvgIpc) is 3.06. The summed E-state index contributed by atoms with van der Waals surface area (Å²) in [5.74, 6) is -0.419. The molecule has 1 heterocycles. The molecule has 2 aromatic carbocycles. The number of anilines is 3. The molecule has 1 amide bonds. The molecule has 126 valence electrons. The van der Waals surface area contributed by atoms with E-state index in [0.29, 0.717) is 16.5 Å². The maximum atomic E-state index is 12.9. The van der Waals surface area contributed by atoms with Crippen molar-refractivity contribution in [2.45, 2.75) is 6.92 Å². The third kappa shape index (κ3) is 4.27. The third-order valence-electron chi connectivity index (χ3n) is 3.27. The number of rotatable bonds is 5. The molecule has 0 saturated heterocycles. The largest absolute Gasteiger partial charge is 0.278 e. The van der Waals surface area contributed by atoms with Gasteiger partial charge in [-0.2, -0.15) is 5.10 Å². The minimum atomic E-state index is -0.302. The van der Waals surface area contributed by atoms with E-state index in [0.717, 1.165) is 5.69 Å². The van der Waals surface area contributed by atoms with Crippen LogP contribution in [0.4, 0.5) is 20.9 Å². The van der Waals surface area contributed by atoms with Gasteiger partial charge in [0.15, 0.2) is 5.13 Å². The molecule has 1 aromatic heterocycles. The highest BCUT2D eigenvalue weighted by Crippen LogP contribution is 2.28. The number of nitrogens with zero attached hydrogens (tertiary/aromatic N) is 3. The van der Waals surface area contributed by atoms with Crippen LogP contribution >= 0.6 is 11.3 Å². The smallest absolute Gasteiger partial charge is 0.230 e. The lowest BCUT2D eigenvalue weighted by atomic mass is 10.3. The van der Waals surface area contributed by atoms with Crippen LogP contribution in [0.2, 0.25) is 0 Å². The molecule has 0 bridgehead atoms. The zero-order chi connectivity index (χ0) is 17.6. The molecule has 25 heavy (non-hydrogen) atoms. The van der Waals surface area contributed by atoms with Crippen molar-refractivity contribution >= 4 is 40.0 Å². The topological polar surface area (TPSA) is 57.6 Å². The van der Waals surface area contributed by atoms with Gasteiger partial charge in [0.1, 0.15) is 5.82 Å². The first kappa shape index (κ1) is 16.8. The fourth-order valence-electron chi connectivity index (χ4n) is 2.14. The van der Waals surface area contributed by atoms with Crippen LogP contribution < -0.4 is 10.3 Å². The van der Waals surface area contributed by atoms with Crippen molar-refractivity contribution < 1.29 is 9.18 Å². The normalized spacial score (nSPS) is 10.8. The molecule has 5 nitrogen and oxygen atoms in total. The minimum Gasteiger partial charge on any atom is -0.278 e. The second kappa shape index (κ2) is 7.67. The molecule has 1 N–H and O–H groups in total. The Balaban J connectivity index is 1.73. The first-order valence-electron chi connectivity index (χ1n) is 7.49. The van der Waals surface area contributed by atoms with Crippen molar-refractivity contribution in [1.82, 2.24) is 4.98 Å². The van der Waals surface area contributed by atoms with Gasteiger partial charge in [-0.05, 0) is 36.4 Å². The Bertz CT molecular complexity index is 878. The van der Waals surface area contributed by atoms with Crippen LogP contribution in [0, 0.1) is 5.82 Å². The van der Waals surface area contributed by atoms with Crippen LogP contribution in [0.25, 0.3) is 0 Å². The molecule has 7 heteroatoms. The van der Waals surface area contributed by atoms with Gasteiger partial charge in [-0.25, -0.2) is 9.37 Å². The van der Waals surface area contributed by atoms with Crippen LogP contribution in [0.15, 0.2) is 65.1 Å². The van der Waals surface area contributed by atoms with Crippen LogP contribution in [-0.2, 0) is 4.79 Å². The van der Waals surface area contributed by atoms with Gasteiger partial charge < -0.3 is 0 Å². The molecule has 0 spiro atoms. The minimum absolute atomic E-state index is 0.117. The number of thiazole rings is 1. The summed E-state index contributed by atoms with van der Waals surface area (Å²) >= 11 is 1.35. The first-order chi connectivity index (χ1) is 12.1. The molecule has 0 aliphatic rings. The molecule has 0 saturated carbocycles. The molecule has 3 aromatic rings. The van der Waals surface area contributed by atoms with E-state index in [4.69, 9.17) is 0 Å². The number of para-hydroxylation sites is 1. The Morgan fingerprint density at radius 1 is 1.20 bits per heavy atom. The summed E-state index contributed by atoms with van der Waals surface area (Å²) in [7, 11) is 0. The van der Waals surface area contributed by atoms with E-state index in [1.165, 1.54) is 30.4 Å². The number of hydrogen-bond donors (Lipinski definition) is 1. The first-order valence-corrected chi connectivity index (χ1v) is 8.37. The Kier molecular flexibility index (Phi) is 5.15. The van der Waals surface area contributed by atoms with Crippen molar-refractivity contribution in [3.63, 3.8) is 0 Å². The van der Waals surface area contributed by atoms with E-state index in [1.54, 1.807) is 23.2 Å². The highest BCUT2D eigenvalue weighted by atomic mass is 32.1. The van der Waals surface area contributed by atoms with E-state index in [2.05, 4.69) is 15.5 Å². The second-order valence-electron chi connectivity index (χ2n) is 5.12. The Morgan fingerprint density at radius 3 is 2.60 bits per heavy atom. The molecule has 0 aliphatic heterocycles. The lowest BCUT2D eigenvalue weighted by molar-refractivity contribution is -0.115. The third-order valence-corrected chi connectivity index (χ3v) is 4.11. The number of carbonyl (C=O) groups is 1. The highest BCUT2D eigenvalue weighted by molar-refractivity contribution is 7.14. The van der Waals surface area contributed by atoms with Gasteiger partial charge >= 0.3 is 0 Å². The van der Waals surface area contributed by atoms with Crippen LogP contribution in [-0.4, -0.2) is 17.1 Å². The van der Waals surface area contributed by atoms with E-state index in [-0.39, 0.29) is 11.7 Å². The second-order valence-corrected chi connectivity index (χ2v) is 5.96.